The number of amides is 1. The van der Waals surface area contributed by atoms with Gasteiger partial charge in [0.1, 0.15) is 17.2 Å². The van der Waals surface area contributed by atoms with Crippen molar-refractivity contribution in [2.75, 3.05) is 36.5 Å². The standard InChI is InChI=1S/C26H27FN8O4S/c1-5-20(36)33-9-10-34(15(3)13-33)24-16-11-17(27)21(22-18(28)12-29-32-22)30-25(16)35(26(37)31-24)23-14(2)7-6-8-19(23)40(4,38)39/h5-8,11-12,15H,1,9-10,13,28H2,2-4H3,(H,29,32)/t15-/m0/s1. The van der Waals surface area contributed by atoms with Crippen LogP contribution in [0.5, 0.6) is 0 Å². The SMILES string of the molecule is C=CC(=O)N1CCN(c2nc(=O)n(-c3c(C)cccc3S(C)(=O)=O)c3nc(-c4[nH]ncc4N)c(F)cc23)[C@@H](C)C1. The van der Waals surface area contributed by atoms with Gasteiger partial charge in [-0.2, -0.15) is 10.1 Å². The molecule has 4 aromatic rings. The molecule has 1 fully saturated rings. The highest BCUT2D eigenvalue weighted by Gasteiger charge is 2.31. The number of pyridine rings is 1. The molecule has 3 aromatic heterocycles. The second-order valence-electron chi connectivity index (χ2n) is 9.67. The summed E-state index contributed by atoms with van der Waals surface area (Å²) in [5.41, 5.74) is 5.74. The minimum absolute atomic E-state index is 0.0172. The van der Waals surface area contributed by atoms with Crippen LogP contribution in [0.2, 0.25) is 0 Å². The minimum atomic E-state index is -3.80. The van der Waals surface area contributed by atoms with E-state index < -0.39 is 21.3 Å². The van der Waals surface area contributed by atoms with Crippen molar-refractivity contribution >= 4 is 38.3 Å². The second kappa shape index (κ2) is 9.86. The van der Waals surface area contributed by atoms with Crippen molar-refractivity contribution in [3.05, 3.63) is 65.0 Å². The van der Waals surface area contributed by atoms with Crippen LogP contribution in [0.1, 0.15) is 12.5 Å². The molecule has 0 aliphatic carbocycles. The normalized spacial score (nSPS) is 15.9. The lowest BCUT2D eigenvalue weighted by Gasteiger charge is -2.40. The molecule has 1 atom stereocenters. The van der Waals surface area contributed by atoms with E-state index in [4.69, 9.17) is 5.73 Å². The minimum Gasteiger partial charge on any atom is -0.396 e. The molecule has 0 saturated carbocycles. The maximum atomic E-state index is 15.6. The number of nitrogen functional groups attached to an aromatic ring is 1. The van der Waals surface area contributed by atoms with Gasteiger partial charge in [0.05, 0.1) is 27.9 Å². The quantitative estimate of drug-likeness (QED) is 0.344. The average Bonchev–Trinajstić information content (AvgIpc) is 3.33. The molecule has 1 aliphatic heterocycles. The summed E-state index contributed by atoms with van der Waals surface area (Å²) in [5, 5.41) is 6.64. The number of hydrogen-bond acceptors (Lipinski definition) is 9. The van der Waals surface area contributed by atoms with E-state index in [0.717, 1.165) is 10.8 Å². The Labute approximate surface area is 228 Å². The van der Waals surface area contributed by atoms with Crippen molar-refractivity contribution < 1.29 is 17.6 Å². The molecule has 1 aliphatic rings. The summed E-state index contributed by atoms with van der Waals surface area (Å²) >= 11 is 0. The molecule has 5 rings (SSSR count). The number of aromatic amines is 1. The summed E-state index contributed by atoms with van der Waals surface area (Å²) in [6.07, 6.45) is 3.58. The first-order chi connectivity index (χ1) is 18.9. The molecule has 4 heterocycles. The fourth-order valence-electron chi connectivity index (χ4n) is 5.01. The predicted octanol–water partition coefficient (Wildman–Crippen LogP) is 1.83. The van der Waals surface area contributed by atoms with Crippen molar-refractivity contribution in [2.45, 2.75) is 24.8 Å². The monoisotopic (exact) mass is 566 g/mol. The smallest absolute Gasteiger partial charge is 0.355 e. The fraction of sp³-hybridized carbons (Fsp3) is 0.269. The predicted molar refractivity (Wildman–Crippen MR) is 149 cm³/mol. The van der Waals surface area contributed by atoms with E-state index >= 15 is 4.39 Å². The number of halogens is 1. The fourth-order valence-corrected chi connectivity index (χ4v) is 5.94. The van der Waals surface area contributed by atoms with Crippen LogP contribution in [0.3, 0.4) is 0 Å². The summed E-state index contributed by atoms with van der Waals surface area (Å²) < 4.78 is 42.2. The molecule has 12 nitrogen and oxygen atoms in total. The largest absolute Gasteiger partial charge is 0.396 e. The number of anilines is 2. The Balaban J connectivity index is 1.83. The van der Waals surface area contributed by atoms with E-state index in [2.05, 4.69) is 26.7 Å². The first-order valence-electron chi connectivity index (χ1n) is 12.3. The van der Waals surface area contributed by atoms with Crippen molar-refractivity contribution in [3.8, 4) is 17.1 Å². The van der Waals surface area contributed by atoms with Gasteiger partial charge in [-0.3, -0.25) is 9.89 Å². The highest BCUT2D eigenvalue weighted by atomic mass is 32.2. The van der Waals surface area contributed by atoms with E-state index in [1.807, 2.05) is 11.8 Å². The van der Waals surface area contributed by atoms with Crippen LogP contribution in [0.25, 0.3) is 28.1 Å². The molecule has 0 spiro atoms. The van der Waals surface area contributed by atoms with E-state index in [9.17, 15) is 18.0 Å². The maximum Gasteiger partial charge on any atom is 0.355 e. The lowest BCUT2D eigenvalue weighted by Crippen LogP contribution is -2.54. The van der Waals surface area contributed by atoms with Crippen molar-refractivity contribution in [2.24, 2.45) is 0 Å². The molecular weight excluding hydrogens is 539 g/mol. The number of piperazine rings is 1. The van der Waals surface area contributed by atoms with Gasteiger partial charge < -0.3 is 15.5 Å². The average molecular weight is 567 g/mol. The number of fused-ring (bicyclic) bond motifs is 1. The Morgan fingerprint density at radius 1 is 1.27 bits per heavy atom. The lowest BCUT2D eigenvalue weighted by molar-refractivity contribution is -0.126. The zero-order valence-corrected chi connectivity index (χ0v) is 22.9. The molecule has 40 heavy (non-hydrogen) atoms. The van der Waals surface area contributed by atoms with E-state index in [1.54, 1.807) is 24.0 Å². The number of aromatic nitrogens is 5. The van der Waals surface area contributed by atoms with E-state index in [1.165, 1.54) is 24.4 Å². The number of H-pyrrole nitrogens is 1. The number of carbonyl (C=O) groups is 1. The maximum absolute atomic E-state index is 15.6. The van der Waals surface area contributed by atoms with Crippen LogP contribution in [0.4, 0.5) is 15.9 Å². The van der Waals surface area contributed by atoms with Gasteiger partial charge in [-0.1, -0.05) is 18.7 Å². The van der Waals surface area contributed by atoms with Crippen LogP contribution < -0.4 is 16.3 Å². The Kier molecular flexibility index (Phi) is 6.66. The van der Waals surface area contributed by atoms with Crippen LogP contribution in [0.15, 0.2) is 52.8 Å². The third-order valence-electron chi connectivity index (χ3n) is 6.92. The molecule has 0 unspecified atom stereocenters. The third-order valence-corrected chi connectivity index (χ3v) is 8.04. The van der Waals surface area contributed by atoms with Crippen LogP contribution in [0, 0.1) is 12.7 Å². The number of para-hydroxylation sites is 1. The van der Waals surface area contributed by atoms with Gasteiger partial charge in [0.25, 0.3) is 0 Å². The Hall–Kier alpha value is -4.59. The number of carbonyl (C=O) groups excluding carboxylic acids is 1. The van der Waals surface area contributed by atoms with Crippen molar-refractivity contribution in [1.29, 1.82) is 0 Å². The molecule has 14 heteroatoms. The highest BCUT2D eigenvalue weighted by molar-refractivity contribution is 7.90. The molecule has 1 amide bonds. The van der Waals surface area contributed by atoms with Gasteiger partial charge >= 0.3 is 5.69 Å². The highest BCUT2D eigenvalue weighted by Crippen LogP contribution is 2.34. The molecule has 0 radical (unpaired) electrons. The van der Waals surface area contributed by atoms with Gasteiger partial charge in [0.2, 0.25) is 5.91 Å². The number of benzene rings is 1. The van der Waals surface area contributed by atoms with Crippen LogP contribution in [-0.4, -0.2) is 75.9 Å². The Morgan fingerprint density at radius 3 is 2.65 bits per heavy atom. The number of sulfone groups is 1. The van der Waals surface area contributed by atoms with Gasteiger partial charge in [-0.25, -0.2) is 27.2 Å². The summed E-state index contributed by atoms with van der Waals surface area (Å²) in [6.45, 7) is 8.01. The number of nitrogens with two attached hydrogens (primary N) is 1. The first-order valence-corrected chi connectivity index (χ1v) is 14.2. The first kappa shape index (κ1) is 27.0. The molecule has 3 N–H and O–H groups in total. The summed E-state index contributed by atoms with van der Waals surface area (Å²) in [6, 6.07) is 5.52. The van der Waals surface area contributed by atoms with Gasteiger partial charge in [0, 0.05) is 31.9 Å². The number of aryl methyl sites for hydroxylation is 1. The number of nitrogens with zero attached hydrogens (tertiary/aromatic N) is 6. The number of rotatable bonds is 5. The van der Waals surface area contributed by atoms with Gasteiger partial charge in [0.15, 0.2) is 21.3 Å². The Morgan fingerprint density at radius 2 is 2.02 bits per heavy atom. The lowest BCUT2D eigenvalue weighted by atomic mass is 10.1. The topological polar surface area (TPSA) is 160 Å². The summed E-state index contributed by atoms with van der Waals surface area (Å²) in [4.78, 5) is 38.1. The van der Waals surface area contributed by atoms with Gasteiger partial charge in [-0.05, 0) is 37.6 Å². The Bertz CT molecular complexity index is 1850. The third kappa shape index (κ3) is 4.49. The van der Waals surface area contributed by atoms with E-state index in [-0.39, 0.29) is 56.5 Å². The molecular formula is C26H27FN8O4S. The number of hydrogen-bond donors (Lipinski definition) is 2. The van der Waals surface area contributed by atoms with Gasteiger partial charge in [-0.15, -0.1) is 0 Å². The second-order valence-corrected chi connectivity index (χ2v) is 11.7. The van der Waals surface area contributed by atoms with Crippen molar-refractivity contribution in [1.82, 2.24) is 29.6 Å². The summed E-state index contributed by atoms with van der Waals surface area (Å²) in [7, 11) is -3.80. The number of nitrogens with one attached hydrogen (secondary N) is 1. The van der Waals surface area contributed by atoms with Crippen molar-refractivity contribution in [3.63, 3.8) is 0 Å². The van der Waals surface area contributed by atoms with E-state index in [0.29, 0.717) is 25.2 Å². The molecule has 0 bridgehead atoms. The zero-order valence-electron chi connectivity index (χ0n) is 22.0. The van der Waals surface area contributed by atoms with Crippen LogP contribution in [-0.2, 0) is 14.6 Å². The summed E-state index contributed by atoms with van der Waals surface area (Å²) in [5.74, 6) is -0.806. The molecule has 1 aromatic carbocycles. The zero-order chi connectivity index (χ0) is 28.9. The van der Waals surface area contributed by atoms with Crippen LogP contribution >= 0.6 is 0 Å². The molecule has 208 valence electrons. The molecule has 1 saturated heterocycles.